The second-order valence-electron chi connectivity index (χ2n) is 14.7. The minimum Gasteiger partial charge on any atom is -0.383 e. The van der Waals surface area contributed by atoms with Crippen LogP contribution in [0.2, 0.25) is 0 Å². The van der Waals surface area contributed by atoms with Crippen molar-refractivity contribution in [2.75, 3.05) is 6.54 Å². The van der Waals surface area contributed by atoms with Crippen LogP contribution in [0.3, 0.4) is 0 Å². The number of aliphatic hydroxyl groups is 1. The molecule has 0 aromatic carbocycles. The summed E-state index contributed by atoms with van der Waals surface area (Å²) in [6.07, 6.45) is 9.14. The third-order valence-corrected chi connectivity index (χ3v) is 12.3. The van der Waals surface area contributed by atoms with Crippen LogP contribution in [0, 0.1) is 51.4 Å². The first kappa shape index (κ1) is 27.3. The summed E-state index contributed by atoms with van der Waals surface area (Å²) in [7, 11) is 0. The van der Waals surface area contributed by atoms with Crippen molar-refractivity contribution in [2.24, 2.45) is 44.8 Å². The van der Waals surface area contributed by atoms with Gasteiger partial charge in [-0.15, -0.1) is 0 Å². The Balaban J connectivity index is 1.69. The van der Waals surface area contributed by atoms with Gasteiger partial charge in [0, 0.05) is 23.8 Å². The third kappa shape index (κ3) is 3.23. The van der Waals surface area contributed by atoms with Gasteiger partial charge in [0.2, 0.25) is 11.6 Å². The van der Waals surface area contributed by atoms with Crippen molar-refractivity contribution in [3.05, 3.63) is 34.8 Å². The first-order valence-corrected chi connectivity index (χ1v) is 14.5. The normalized spacial score (nSPS) is 47.3. The highest BCUT2D eigenvalue weighted by Gasteiger charge is 2.71. The zero-order valence-corrected chi connectivity index (χ0v) is 24.2. The molecular formula is C32H44N2O4. The lowest BCUT2D eigenvalue weighted by molar-refractivity contribution is -0.180. The van der Waals surface area contributed by atoms with E-state index in [0.29, 0.717) is 13.0 Å². The fraction of sp³-hybridized carbons (Fsp3) is 0.750. The zero-order valence-electron chi connectivity index (χ0n) is 24.2. The van der Waals surface area contributed by atoms with Crippen LogP contribution in [0.1, 0.15) is 93.4 Å². The summed E-state index contributed by atoms with van der Waals surface area (Å²) >= 11 is 0. The first-order chi connectivity index (χ1) is 17.5. The molecule has 0 aromatic rings. The lowest BCUT2D eigenvalue weighted by atomic mass is 9.34. The van der Waals surface area contributed by atoms with Gasteiger partial charge in [0.1, 0.15) is 5.60 Å². The summed E-state index contributed by atoms with van der Waals surface area (Å²) < 4.78 is 0. The van der Waals surface area contributed by atoms with Crippen molar-refractivity contribution in [1.29, 1.82) is 0 Å². The summed E-state index contributed by atoms with van der Waals surface area (Å²) in [5.41, 5.74) is -2.68. The molecule has 0 aliphatic heterocycles. The van der Waals surface area contributed by atoms with E-state index in [2.05, 4.69) is 37.9 Å². The number of carbonyl (C=O) groups excluding carboxylic acids is 3. The predicted molar refractivity (Wildman–Crippen MR) is 145 cm³/mol. The number of nitrogens with zero attached hydrogens (tertiary/aromatic N) is 1. The SMILES string of the molecule is [C-]#[N+]C1=C[C@]2(C)C3=CC(=O)[C@@H]4[C@@H]5CC(C)(C)CC[C@]5(C(=O)NCC)CC[C@@]4(C)[C@]3(C)CC[C@H]2[C@](C)(O)C1=O. The van der Waals surface area contributed by atoms with Gasteiger partial charge < -0.3 is 15.2 Å². The van der Waals surface area contributed by atoms with Gasteiger partial charge in [-0.25, -0.2) is 4.85 Å². The second kappa shape index (κ2) is 8.13. The molecule has 5 aliphatic rings. The first-order valence-electron chi connectivity index (χ1n) is 14.5. The Morgan fingerprint density at radius 1 is 1.08 bits per heavy atom. The molecule has 3 saturated carbocycles. The molecule has 6 nitrogen and oxygen atoms in total. The van der Waals surface area contributed by atoms with E-state index in [9.17, 15) is 19.5 Å². The average Bonchev–Trinajstić information content (AvgIpc) is 2.82. The Morgan fingerprint density at radius 2 is 1.74 bits per heavy atom. The summed E-state index contributed by atoms with van der Waals surface area (Å²) in [4.78, 5) is 44.6. The van der Waals surface area contributed by atoms with Gasteiger partial charge in [-0.1, -0.05) is 46.3 Å². The highest BCUT2D eigenvalue weighted by atomic mass is 16.3. The van der Waals surface area contributed by atoms with Gasteiger partial charge in [-0.2, -0.15) is 0 Å². The highest BCUT2D eigenvalue weighted by molar-refractivity contribution is 6.05. The predicted octanol–water partition coefficient (Wildman–Crippen LogP) is 5.42. The van der Waals surface area contributed by atoms with E-state index in [1.54, 1.807) is 13.0 Å². The number of carbonyl (C=O) groups is 3. The number of hydrogen-bond donors (Lipinski definition) is 2. The number of amides is 1. The molecule has 3 fully saturated rings. The summed E-state index contributed by atoms with van der Waals surface area (Å²) in [5, 5.41) is 14.5. The molecule has 5 aliphatic carbocycles. The van der Waals surface area contributed by atoms with Gasteiger partial charge >= 0.3 is 0 Å². The summed E-state index contributed by atoms with van der Waals surface area (Å²) in [6.45, 7) is 22.8. The van der Waals surface area contributed by atoms with Gasteiger partial charge in [-0.3, -0.25) is 9.59 Å². The maximum absolute atomic E-state index is 14.4. The van der Waals surface area contributed by atoms with Crippen molar-refractivity contribution < 1.29 is 19.5 Å². The van der Waals surface area contributed by atoms with Crippen molar-refractivity contribution in [1.82, 2.24) is 5.32 Å². The Labute approximate surface area is 227 Å². The lowest BCUT2D eigenvalue weighted by Crippen LogP contribution is -2.67. The Morgan fingerprint density at radius 3 is 2.37 bits per heavy atom. The van der Waals surface area contributed by atoms with E-state index in [4.69, 9.17) is 6.57 Å². The molecule has 0 aromatic heterocycles. The van der Waals surface area contributed by atoms with Gasteiger partial charge in [-0.05, 0) is 87.0 Å². The van der Waals surface area contributed by atoms with Gasteiger partial charge in [0.15, 0.2) is 11.6 Å². The molecular weight excluding hydrogens is 476 g/mol. The van der Waals surface area contributed by atoms with Crippen LogP contribution in [0.15, 0.2) is 23.4 Å². The number of nitrogens with one attached hydrogen (secondary N) is 1. The van der Waals surface area contributed by atoms with E-state index in [-0.39, 0.29) is 45.5 Å². The lowest BCUT2D eigenvalue weighted by Gasteiger charge is -2.68. The largest absolute Gasteiger partial charge is 0.383 e. The van der Waals surface area contributed by atoms with Crippen LogP contribution in [-0.4, -0.2) is 34.7 Å². The molecule has 2 N–H and O–H groups in total. The molecule has 0 saturated heterocycles. The number of hydrogen-bond acceptors (Lipinski definition) is 4. The highest BCUT2D eigenvalue weighted by Crippen LogP contribution is 2.74. The number of fused-ring (bicyclic) bond motifs is 7. The molecule has 206 valence electrons. The molecule has 8 atom stereocenters. The minimum atomic E-state index is -1.65. The van der Waals surface area contributed by atoms with E-state index in [1.807, 2.05) is 19.9 Å². The van der Waals surface area contributed by atoms with Crippen LogP contribution in [0.4, 0.5) is 0 Å². The fourth-order valence-corrected chi connectivity index (χ4v) is 10.0. The topological polar surface area (TPSA) is 87.8 Å². The smallest absolute Gasteiger partial charge is 0.229 e. The Hall–Kier alpha value is -2.26. The van der Waals surface area contributed by atoms with E-state index in [1.165, 1.54) is 0 Å². The van der Waals surface area contributed by atoms with Crippen molar-refractivity contribution in [3.8, 4) is 0 Å². The van der Waals surface area contributed by atoms with Crippen LogP contribution >= 0.6 is 0 Å². The molecule has 0 bridgehead atoms. The number of allylic oxidation sites excluding steroid dienone is 3. The van der Waals surface area contributed by atoms with Gasteiger partial charge in [0.25, 0.3) is 0 Å². The molecule has 1 amide bonds. The third-order valence-electron chi connectivity index (χ3n) is 12.3. The number of Topliss-reactive ketones (excluding diaryl/α,β-unsaturated/α-hetero) is 1. The molecule has 6 heteroatoms. The summed E-state index contributed by atoms with van der Waals surface area (Å²) in [5.74, 6) is -1.02. The number of ketones is 2. The number of rotatable bonds is 2. The standard InChI is InChI=1S/C32H44N2O4/c1-9-34-26(37)32-14-12-27(2,3)17-19(32)24-21(35)16-23-28(4)18-20(33-8)25(36)31(7,38)22(28)10-11-29(23,5)30(24,6)13-15-32/h16,18-19,22,24,38H,9-15,17H2,1-7H3,(H,34,37)/t19-,22+,24-,28-,29+,30+,31-,32-/m0/s1. The van der Waals surface area contributed by atoms with Crippen LogP contribution in [-0.2, 0) is 14.4 Å². The monoisotopic (exact) mass is 520 g/mol. The Kier molecular flexibility index (Phi) is 5.84. The molecule has 0 unspecified atom stereocenters. The van der Waals surface area contributed by atoms with Crippen LogP contribution < -0.4 is 5.32 Å². The fourth-order valence-electron chi connectivity index (χ4n) is 10.0. The molecule has 0 heterocycles. The zero-order chi connectivity index (χ0) is 28.1. The molecule has 0 spiro atoms. The van der Waals surface area contributed by atoms with Crippen LogP contribution in [0.5, 0.6) is 0 Å². The maximum Gasteiger partial charge on any atom is 0.229 e. The van der Waals surface area contributed by atoms with Crippen molar-refractivity contribution in [3.63, 3.8) is 0 Å². The summed E-state index contributed by atoms with van der Waals surface area (Å²) in [6, 6.07) is 0. The maximum atomic E-state index is 14.4. The van der Waals surface area contributed by atoms with E-state index < -0.39 is 28.1 Å². The van der Waals surface area contributed by atoms with E-state index >= 15 is 0 Å². The molecule has 5 rings (SSSR count). The molecule has 38 heavy (non-hydrogen) atoms. The average molecular weight is 521 g/mol. The van der Waals surface area contributed by atoms with Crippen molar-refractivity contribution >= 4 is 17.5 Å². The minimum absolute atomic E-state index is 0.0328. The van der Waals surface area contributed by atoms with Gasteiger partial charge in [0.05, 0.1) is 12.0 Å². The molecule has 0 radical (unpaired) electrons. The van der Waals surface area contributed by atoms with Crippen molar-refractivity contribution in [2.45, 2.75) is 99.0 Å². The van der Waals surface area contributed by atoms with E-state index in [0.717, 1.165) is 44.1 Å². The van der Waals surface area contributed by atoms with Crippen LogP contribution in [0.25, 0.3) is 4.85 Å². The second-order valence-corrected chi connectivity index (χ2v) is 14.7. The quantitative estimate of drug-likeness (QED) is 0.476. The Bertz CT molecular complexity index is 1220.